The summed E-state index contributed by atoms with van der Waals surface area (Å²) in [6, 6.07) is 10.6. The second kappa shape index (κ2) is 6.10. The molecule has 1 aromatic carbocycles. The second-order valence-electron chi connectivity index (χ2n) is 5.61. The van der Waals surface area contributed by atoms with Crippen LogP contribution < -0.4 is 10.6 Å². The number of aromatic nitrogens is 3. The zero-order valence-corrected chi connectivity index (χ0v) is 14.0. The number of halogens is 1. The molecule has 0 radical (unpaired) electrons. The molecule has 3 aromatic rings. The van der Waals surface area contributed by atoms with E-state index >= 15 is 0 Å². The van der Waals surface area contributed by atoms with Crippen molar-refractivity contribution in [3.63, 3.8) is 0 Å². The Labute approximate surface area is 148 Å². The first kappa shape index (κ1) is 15.5. The van der Waals surface area contributed by atoms with Crippen molar-refractivity contribution < 1.29 is 9.21 Å². The summed E-state index contributed by atoms with van der Waals surface area (Å²) in [7, 11) is 0. The van der Waals surface area contributed by atoms with E-state index in [0.29, 0.717) is 11.0 Å². The summed E-state index contributed by atoms with van der Waals surface area (Å²) in [5, 5.41) is 10.9. The van der Waals surface area contributed by atoms with Crippen LogP contribution in [0.15, 0.2) is 58.9 Å². The van der Waals surface area contributed by atoms with Crippen LogP contribution in [0.3, 0.4) is 0 Å². The maximum atomic E-state index is 12.1. The zero-order valence-electron chi connectivity index (χ0n) is 13.2. The van der Waals surface area contributed by atoms with E-state index in [1.165, 1.54) is 6.26 Å². The molecule has 1 amide bonds. The molecule has 2 aromatic heterocycles. The number of amides is 1. The molecule has 2 N–H and O–H groups in total. The van der Waals surface area contributed by atoms with Gasteiger partial charge in [0.15, 0.2) is 5.76 Å². The fourth-order valence-electron chi connectivity index (χ4n) is 2.65. The standard InChI is InChI=1S/C17H14ClN5O2/c1-10-9-13(11-4-6-12(18)7-5-11)23-17(19-10)21-16(22-23)20-15(24)14-3-2-8-25-14/h2-9,13H,1H3,(H2,19,20,21,22,24). The first-order chi connectivity index (χ1) is 12.1. The maximum Gasteiger partial charge on any atom is 0.293 e. The molecule has 0 saturated carbocycles. The number of hydrogen-bond acceptors (Lipinski definition) is 5. The number of carbonyl (C=O) groups excluding carboxylic acids is 1. The van der Waals surface area contributed by atoms with E-state index in [0.717, 1.165) is 11.3 Å². The minimum Gasteiger partial charge on any atom is -0.459 e. The Hall–Kier alpha value is -3.06. The van der Waals surface area contributed by atoms with Gasteiger partial charge in [0.2, 0.25) is 5.95 Å². The van der Waals surface area contributed by atoms with Crippen LogP contribution in [0, 0.1) is 0 Å². The molecule has 1 unspecified atom stereocenters. The highest BCUT2D eigenvalue weighted by atomic mass is 35.5. The van der Waals surface area contributed by atoms with Gasteiger partial charge in [0.25, 0.3) is 11.9 Å². The number of hydrogen-bond donors (Lipinski definition) is 2. The molecule has 1 aliphatic heterocycles. The Morgan fingerprint density at radius 2 is 2.12 bits per heavy atom. The Kier molecular flexibility index (Phi) is 3.77. The molecule has 3 heterocycles. The number of carbonyl (C=O) groups is 1. The van der Waals surface area contributed by atoms with Gasteiger partial charge in [0, 0.05) is 10.7 Å². The molecule has 4 rings (SSSR count). The van der Waals surface area contributed by atoms with Gasteiger partial charge in [-0.15, -0.1) is 5.10 Å². The van der Waals surface area contributed by atoms with Crippen LogP contribution in [0.2, 0.25) is 5.02 Å². The lowest BCUT2D eigenvalue weighted by Gasteiger charge is -2.22. The van der Waals surface area contributed by atoms with Crippen molar-refractivity contribution in [2.24, 2.45) is 0 Å². The Balaban J connectivity index is 1.65. The molecule has 8 heteroatoms. The number of nitrogens with zero attached hydrogens (tertiary/aromatic N) is 3. The van der Waals surface area contributed by atoms with Crippen LogP contribution in [0.25, 0.3) is 0 Å². The molecular formula is C17H14ClN5O2. The van der Waals surface area contributed by atoms with Gasteiger partial charge < -0.3 is 9.73 Å². The third-order valence-electron chi connectivity index (χ3n) is 3.79. The van der Waals surface area contributed by atoms with Gasteiger partial charge in [0.1, 0.15) is 6.04 Å². The van der Waals surface area contributed by atoms with Crippen molar-refractivity contribution in [1.82, 2.24) is 14.8 Å². The molecule has 0 bridgehead atoms. The van der Waals surface area contributed by atoms with Crippen molar-refractivity contribution >= 4 is 29.4 Å². The average Bonchev–Trinajstić information content (AvgIpc) is 3.24. The molecule has 0 spiro atoms. The maximum absolute atomic E-state index is 12.1. The minimum absolute atomic E-state index is 0.143. The predicted octanol–water partition coefficient (Wildman–Crippen LogP) is 3.70. The molecule has 25 heavy (non-hydrogen) atoms. The summed E-state index contributed by atoms with van der Waals surface area (Å²) >= 11 is 5.97. The van der Waals surface area contributed by atoms with E-state index in [1.807, 2.05) is 37.3 Å². The Morgan fingerprint density at radius 1 is 1.32 bits per heavy atom. The number of anilines is 2. The Morgan fingerprint density at radius 3 is 2.84 bits per heavy atom. The van der Waals surface area contributed by atoms with Crippen LogP contribution in [0.4, 0.5) is 11.9 Å². The minimum atomic E-state index is -0.402. The summed E-state index contributed by atoms with van der Waals surface area (Å²) in [6.45, 7) is 1.95. The van der Waals surface area contributed by atoms with Crippen molar-refractivity contribution in [2.75, 3.05) is 10.6 Å². The van der Waals surface area contributed by atoms with Gasteiger partial charge in [-0.3, -0.25) is 10.1 Å². The molecular weight excluding hydrogens is 342 g/mol. The van der Waals surface area contributed by atoms with Crippen molar-refractivity contribution in [2.45, 2.75) is 13.0 Å². The number of fused-ring (bicyclic) bond motifs is 1. The lowest BCUT2D eigenvalue weighted by atomic mass is 10.1. The smallest absolute Gasteiger partial charge is 0.293 e. The lowest BCUT2D eigenvalue weighted by molar-refractivity contribution is 0.0996. The van der Waals surface area contributed by atoms with Gasteiger partial charge >= 0.3 is 0 Å². The highest BCUT2D eigenvalue weighted by Gasteiger charge is 2.24. The zero-order chi connectivity index (χ0) is 17.4. The lowest BCUT2D eigenvalue weighted by Crippen LogP contribution is -2.19. The number of benzene rings is 1. The van der Waals surface area contributed by atoms with Crippen LogP contribution in [-0.4, -0.2) is 20.7 Å². The van der Waals surface area contributed by atoms with Gasteiger partial charge in [0.05, 0.1) is 6.26 Å². The van der Waals surface area contributed by atoms with E-state index in [2.05, 4.69) is 20.7 Å². The number of furan rings is 1. The molecule has 0 saturated heterocycles. The van der Waals surface area contributed by atoms with E-state index in [-0.39, 0.29) is 17.8 Å². The molecule has 0 fully saturated rings. The third kappa shape index (κ3) is 3.01. The van der Waals surface area contributed by atoms with Gasteiger partial charge in [-0.1, -0.05) is 23.7 Å². The van der Waals surface area contributed by atoms with Crippen LogP contribution in [0.5, 0.6) is 0 Å². The average molecular weight is 356 g/mol. The summed E-state index contributed by atoms with van der Waals surface area (Å²) < 4.78 is 6.79. The normalized spacial score (nSPS) is 15.9. The van der Waals surface area contributed by atoms with E-state index in [1.54, 1.807) is 16.8 Å². The van der Waals surface area contributed by atoms with Crippen molar-refractivity contribution in [1.29, 1.82) is 0 Å². The molecule has 126 valence electrons. The van der Waals surface area contributed by atoms with Crippen LogP contribution >= 0.6 is 11.6 Å². The molecule has 0 aliphatic carbocycles. The van der Waals surface area contributed by atoms with E-state index in [9.17, 15) is 4.79 Å². The monoisotopic (exact) mass is 355 g/mol. The molecule has 1 aliphatic rings. The summed E-state index contributed by atoms with van der Waals surface area (Å²) in [5.74, 6) is 0.547. The Bertz CT molecular complexity index is 944. The summed E-state index contributed by atoms with van der Waals surface area (Å²) in [6.07, 6.45) is 3.47. The van der Waals surface area contributed by atoms with E-state index in [4.69, 9.17) is 16.0 Å². The van der Waals surface area contributed by atoms with Crippen LogP contribution in [-0.2, 0) is 0 Å². The molecule has 1 atom stereocenters. The number of rotatable bonds is 3. The van der Waals surface area contributed by atoms with Crippen molar-refractivity contribution in [3.8, 4) is 0 Å². The van der Waals surface area contributed by atoms with Gasteiger partial charge in [-0.25, -0.2) is 4.68 Å². The first-order valence-corrected chi connectivity index (χ1v) is 8.00. The third-order valence-corrected chi connectivity index (χ3v) is 4.05. The fraction of sp³-hybridized carbons (Fsp3) is 0.118. The predicted molar refractivity (Wildman–Crippen MR) is 93.7 cm³/mol. The number of allylic oxidation sites excluding steroid dienone is 2. The largest absolute Gasteiger partial charge is 0.459 e. The van der Waals surface area contributed by atoms with Crippen LogP contribution in [0.1, 0.15) is 29.1 Å². The first-order valence-electron chi connectivity index (χ1n) is 7.62. The highest BCUT2D eigenvalue weighted by Crippen LogP contribution is 2.30. The number of nitrogens with one attached hydrogen (secondary N) is 2. The van der Waals surface area contributed by atoms with Gasteiger partial charge in [-0.05, 0) is 42.8 Å². The topological polar surface area (TPSA) is 85.0 Å². The molecule has 7 nitrogen and oxygen atoms in total. The fourth-order valence-corrected chi connectivity index (χ4v) is 2.78. The van der Waals surface area contributed by atoms with Gasteiger partial charge in [-0.2, -0.15) is 4.98 Å². The highest BCUT2D eigenvalue weighted by molar-refractivity contribution is 6.30. The summed E-state index contributed by atoms with van der Waals surface area (Å²) in [4.78, 5) is 16.4. The SMILES string of the molecule is CC1=CC(c2ccc(Cl)cc2)n2nc(NC(=O)c3ccco3)nc2N1. The van der Waals surface area contributed by atoms with Crippen molar-refractivity contribution in [3.05, 3.63) is 70.8 Å². The van der Waals surface area contributed by atoms with E-state index < -0.39 is 5.91 Å². The quantitative estimate of drug-likeness (QED) is 0.748. The summed E-state index contributed by atoms with van der Waals surface area (Å²) in [5.41, 5.74) is 1.96. The second-order valence-corrected chi connectivity index (χ2v) is 6.04.